The lowest BCUT2D eigenvalue weighted by Gasteiger charge is -2.22. The van der Waals surface area contributed by atoms with Gasteiger partial charge in [0.15, 0.2) is 0 Å². The van der Waals surface area contributed by atoms with Crippen molar-refractivity contribution in [1.29, 1.82) is 0 Å². The maximum atomic E-state index is 12.5. The molecule has 1 unspecified atom stereocenters. The second-order valence-electron chi connectivity index (χ2n) is 6.47. The smallest absolute Gasteiger partial charge is 0.296 e. The van der Waals surface area contributed by atoms with Crippen LogP contribution in [0.2, 0.25) is 0 Å². The standard InChI is InChI=1S/C19H20N4O3/c24-18(16-10-20-17-7-2-1-6-15(16)17)19(25)22-13-9-21-23(11-13)12-14-5-3-4-8-26-14/h1-2,6-7,9-11,14,20H,3-5,8,12H2,(H,22,25). The molecular formula is C19H20N4O3. The number of benzene rings is 1. The lowest BCUT2D eigenvalue weighted by molar-refractivity contribution is -0.112. The number of carbonyl (C=O) groups excluding carboxylic acids is 2. The van der Waals surface area contributed by atoms with Crippen LogP contribution in [0.15, 0.2) is 42.9 Å². The molecule has 0 spiro atoms. The molecule has 26 heavy (non-hydrogen) atoms. The van der Waals surface area contributed by atoms with Gasteiger partial charge in [0.2, 0.25) is 0 Å². The number of para-hydroxylation sites is 1. The van der Waals surface area contributed by atoms with E-state index in [1.807, 2.05) is 24.3 Å². The summed E-state index contributed by atoms with van der Waals surface area (Å²) >= 11 is 0. The van der Waals surface area contributed by atoms with Crippen LogP contribution in [0.4, 0.5) is 5.69 Å². The molecule has 4 rings (SSSR count). The van der Waals surface area contributed by atoms with Crippen molar-refractivity contribution in [3.63, 3.8) is 0 Å². The fourth-order valence-electron chi connectivity index (χ4n) is 3.26. The number of nitrogens with zero attached hydrogens (tertiary/aromatic N) is 2. The molecule has 0 radical (unpaired) electrons. The number of anilines is 1. The third kappa shape index (κ3) is 3.39. The van der Waals surface area contributed by atoms with E-state index >= 15 is 0 Å². The number of nitrogens with one attached hydrogen (secondary N) is 2. The average Bonchev–Trinajstić information content (AvgIpc) is 3.29. The van der Waals surface area contributed by atoms with Crippen molar-refractivity contribution >= 4 is 28.3 Å². The summed E-state index contributed by atoms with van der Waals surface area (Å²) in [5.74, 6) is -1.26. The zero-order chi connectivity index (χ0) is 17.9. The molecule has 7 heteroatoms. The number of H-pyrrole nitrogens is 1. The van der Waals surface area contributed by atoms with E-state index in [1.165, 1.54) is 0 Å². The summed E-state index contributed by atoms with van der Waals surface area (Å²) in [4.78, 5) is 27.8. The molecule has 0 bridgehead atoms. The van der Waals surface area contributed by atoms with Crippen LogP contribution in [-0.2, 0) is 16.1 Å². The number of hydrogen-bond acceptors (Lipinski definition) is 4. The van der Waals surface area contributed by atoms with Gasteiger partial charge < -0.3 is 15.0 Å². The van der Waals surface area contributed by atoms with Gasteiger partial charge in [0.1, 0.15) is 0 Å². The highest BCUT2D eigenvalue weighted by Crippen LogP contribution is 2.19. The quantitative estimate of drug-likeness (QED) is 0.546. The Bertz CT molecular complexity index is 937. The Morgan fingerprint density at radius 1 is 1.31 bits per heavy atom. The van der Waals surface area contributed by atoms with E-state index in [4.69, 9.17) is 4.74 Å². The molecule has 1 aliphatic heterocycles. The number of aromatic nitrogens is 3. The number of amides is 1. The number of hydrogen-bond donors (Lipinski definition) is 2. The lowest BCUT2D eigenvalue weighted by Crippen LogP contribution is -2.24. The highest BCUT2D eigenvalue weighted by molar-refractivity contribution is 6.48. The Morgan fingerprint density at radius 3 is 3.04 bits per heavy atom. The van der Waals surface area contributed by atoms with Gasteiger partial charge in [0, 0.05) is 29.9 Å². The second kappa shape index (κ2) is 7.13. The number of carbonyl (C=O) groups is 2. The lowest BCUT2D eigenvalue weighted by atomic mass is 10.1. The summed E-state index contributed by atoms with van der Waals surface area (Å²) in [7, 11) is 0. The summed E-state index contributed by atoms with van der Waals surface area (Å²) < 4.78 is 7.43. The predicted molar refractivity (Wildman–Crippen MR) is 97.1 cm³/mol. The van der Waals surface area contributed by atoms with Crippen LogP contribution < -0.4 is 5.32 Å². The highest BCUT2D eigenvalue weighted by atomic mass is 16.5. The number of ketones is 1. The van der Waals surface area contributed by atoms with Crippen molar-refractivity contribution in [2.75, 3.05) is 11.9 Å². The Balaban J connectivity index is 1.42. The minimum atomic E-state index is -0.678. The molecule has 1 aliphatic rings. The zero-order valence-corrected chi connectivity index (χ0v) is 14.3. The van der Waals surface area contributed by atoms with Gasteiger partial charge in [0.05, 0.1) is 30.1 Å². The van der Waals surface area contributed by atoms with Crippen molar-refractivity contribution in [3.8, 4) is 0 Å². The summed E-state index contributed by atoms with van der Waals surface area (Å²) in [6.07, 6.45) is 8.26. The van der Waals surface area contributed by atoms with Gasteiger partial charge in [-0.3, -0.25) is 14.3 Å². The van der Waals surface area contributed by atoms with Crippen molar-refractivity contribution in [1.82, 2.24) is 14.8 Å². The maximum Gasteiger partial charge on any atom is 0.296 e. The molecule has 1 saturated heterocycles. The minimum Gasteiger partial charge on any atom is -0.376 e. The highest BCUT2D eigenvalue weighted by Gasteiger charge is 2.21. The number of fused-ring (bicyclic) bond motifs is 1. The fourth-order valence-corrected chi connectivity index (χ4v) is 3.26. The Morgan fingerprint density at radius 2 is 2.19 bits per heavy atom. The number of ether oxygens (including phenoxy) is 1. The molecule has 2 aromatic heterocycles. The Hall–Kier alpha value is -2.93. The first-order chi connectivity index (χ1) is 12.7. The first-order valence-electron chi connectivity index (χ1n) is 8.76. The molecule has 1 fully saturated rings. The average molecular weight is 352 g/mol. The van der Waals surface area contributed by atoms with Crippen LogP contribution >= 0.6 is 0 Å². The van der Waals surface area contributed by atoms with E-state index in [9.17, 15) is 9.59 Å². The topological polar surface area (TPSA) is 89.0 Å². The Kier molecular flexibility index (Phi) is 4.53. The van der Waals surface area contributed by atoms with Crippen molar-refractivity contribution in [3.05, 3.63) is 48.4 Å². The first-order valence-corrected chi connectivity index (χ1v) is 8.76. The van der Waals surface area contributed by atoms with Crippen LogP contribution in [0, 0.1) is 0 Å². The van der Waals surface area contributed by atoms with Gasteiger partial charge >= 0.3 is 0 Å². The summed E-state index contributed by atoms with van der Waals surface area (Å²) in [5.41, 5.74) is 1.68. The molecule has 7 nitrogen and oxygen atoms in total. The van der Waals surface area contributed by atoms with Crippen LogP contribution in [0.3, 0.4) is 0 Å². The molecule has 3 aromatic rings. The zero-order valence-electron chi connectivity index (χ0n) is 14.3. The number of aromatic amines is 1. The largest absolute Gasteiger partial charge is 0.376 e. The monoisotopic (exact) mass is 352 g/mol. The normalized spacial score (nSPS) is 17.3. The van der Waals surface area contributed by atoms with Crippen LogP contribution in [0.1, 0.15) is 29.6 Å². The van der Waals surface area contributed by atoms with Crippen LogP contribution in [0.5, 0.6) is 0 Å². The van der Waals surface area contributed by atoms with Gasteiger partial charge in [-0.2, -0.15) is 5.10 Å². The Labute approximate surface area is 150 Å². The summed E-state index contributed by atoms with van der Waals surface area (Å²) in [6, 6.07) is 7.38. The van der Waals surface area contributed by atoms with Crippen molar-refractivity contribution in [2.24, 2.45) is 0 Å². The molecule has 3 heterocycles. The van der Waals surface area contributed by atoms with Gasteiger partial charge in [-0.05, 0) is 25.3 Å². The SMILES string of the molecule is O=C(Nc1cnn(CC2CCCCO2)c1)C(=O)c1c[nH]c2ccccc12. The third-order valence-electron chi connectivity index (χ3n) is 4.60. The number of Topliss-reactive ketones (excluding diaryl/α,β-unsaturated/α-hetero) is 1. The molecule has 0 saturated carbocycles. The summed E-state index contributed by atoms with van der Waals surface area (Å²) in [5, 5.41) is 7.60. The summed E-state index contributed by atoms with van der Waals surface area (Å²) in [6.45, 7) is 1.43. The molecule has 1 amide bonds. The van der Waals surface area contributed by atoms with E-state index in [0.29, 0.717) is 17.8 Å². The number of rotatable bonds is 5. The van der Waals surface area contributed by atoms with E-state index in [0.717, 1.165) is 36.8 Å². The molecule has 2 N–H and O–H groups in total. The van der Waals surface area contributed by atoms with Gasteiger partial charge in [0.25, 0.3) is 11.7 Å². The van der Waals surface area contributed by atoms with Gasteiger partial charge in [-0.15, -0.1) is 0 Å². The molecule has 0 aliphatic carbocycles. The predicted octanol–water partition coefficient (Wildman–Crippen LogP) is 2.75. The third-order valence-corrected chi connectivity index (χ3v) is 4.60. The maximum absolute atomic E-state index is 12.5. The first kappa shape index (κ1) is 16.5. The van der Waals surface area contributed by atoms with E-state index in [2.05, 4.69) is 15.4 Å². The molecule has 134 valence electrons. The molecular weight excluding hydrogens is 332 g/mol. The van der Waals surface area contributed by atoms with Crippen molar-refractivity contribution in [2.45, 2.75) is 31.9 Å². The fraction of sp³-hybridized carbons (Fsp3) is 0.316. The van der Waals surface area contributed by atoms with Crippen molar-refractivity contribution < 1.29 is 14.3 Å². The van der Waals surface area contributed by atoms with E-state index < -0.39 is 11.7 Å². The van der Waals surface area contributed by atoms with Crippen LogP contribution in [-0.4, -0.2) is 39.2 Å². The molecule has 1 atom stereocenters. The van der Waals surface area contributed by atoms with Crippen LogP contribution in [0.25, 0.3) is 10.9 Å². The van der Waals surface area contributed by atoms with Gasteiger partial charge in [-0.1, -0.05) is 18.2 Å². The second-order valence-corrected chi connectivity index (χ2v) is 6.47. The van der Waals surface area contributed by atoms with E-state index in [-0.39, 0.29) is 6.10 Å². The van der Waals surface area contributed by atoms with Gasteiger partial charge in [-0.25, -0.2) is 0 Å². The molecule has 1 aromatic carbocycles. The van der Waals surface area contributed by atoms with E-state index in [1.54, 1.807) is 23.3 Å². The minimum absolute atomic E-state index is 0.153.